The molecule has 0 aliphatic carbocycles. The molecular weight excluding hydrogens is 263 g/mol. The molecular formula is C12H18F3NOS. The second-order valence-electron chi connectivity index (χ2n) is 4.21. The summed E-state index contributed by atoms with van der Waals surface area (Å²) in [7, 11) is 0. The summed E-state index contributed by atoms with van der Waals surface area (Å²) in [5, 5.41) is 7.40. The van der Waals surface area contributed by atoms with Crippen LogP contribution in [0.25, 0.3) is 0 Å². The maximum Gasteiger partial charge on any atom is 0.411 e. The van der Waals surface area contributed by atoms with Crippen LogP contribution >= 0.6 is 11.3 Å². The average Bonchev–Trinajstić information content (AvgIpc) is 2.74. The normalized spacial score (nSPS) is 13.8. The molecule has 0 spiro atoms. The van der Waals surface area contributed by atoms with Crippen LogP contribution in [0.5, 0.6) is 0 Å². The van der Waals surface area contributed by atoms with E-state index >= 15 is 0 Å². The number of thiophene rings is 1. The van der Waals surface area contributed by atoms with Gasteiger partial charge in [-0.05, 0) is 48.7 Å². The standard InChI is InChI=1S/C12H18F3NOS/c1-10(7-11-3-6-18-8-11)16-4-2-5-17-9-12(13,14)15/h3,6,8,10,16H,2,4-5,7,9H2,1H3. The van der Waals surface area contributed by atoms with E-state index in [1.54, 1.807) is 11.3 Å². The highest BCUT2D eigenvalue weighted by Gasteiger charge is 2.27. The highest BCUT2D eigenvalue weighted by molar-refractivity contribution is 7.07. The van der Waals surface area contributed by atoms with E-state index in [2.05, 4.69) is 28.4 Å². The number of hydrogen-bond donors (Lipinski definition) is 1. The molecule has 1 atom stereocenters. The Morgan fingerprint density at radius 2 is 2.22 bits per heavy atom. The van der Waals surface area contributed by atoms with Crippen LogP contribution in [0, 0.1) is 0 Å². The van der Waals surface area contributed by atoms with Gasteiger partial charge in [-0.15, -0.1) is 0 Å². The molecule has 1 aromatic heterocycles. The lowest BCUT2D eigenvalue weighted by atomic mass is 10.1. The minimum atomic E-state index is -4.22. The van der Waals surface area contributed by atoms with Gasteiger partial charge in [-0.25, -0.2) is 0 Å². The monoisotopic (exact) mass is 281 g/mol. The van der Waals surface area contributed by atoms with Crippen molar-refractivity contribution >= 4 is 11.3 Å². The molecule has 6 heteroatoms. The molecule has 0 saturated carbocycles. The summed E-state index contributed by atoms with van der Waals surface area (Å²) in [5.74, 6) is 0. The number of nitrogens with one attached hydrogen (secondary N) is 1. The largest absolute Gasteiger partial charge is 0.411 e. The van der Waals surface area contributed by atoms with Crippen molar-refractivity contribution in [3.8, 4) is 0 Å². The maximum absolute atomic E-state index is 11.8. The highest BCUT2D eigenvalue weighted by atomic mass is 32.1. The predicted octanol–water partition coefficient (Wildman–Crippen LogP) is 3.24. The van der Waals surface area contributed by atoms with Crippen molar-refractivity contribution in [2.24, 2.45) is 0 Å². The average molecular weight is 281 g/mol. The fraction of sp³-hybridized carbons (Fsp3) is 0.667. The number of rotatable bonds is 8. The van der Waals surface area contributed by atoms with E-state index in [9.17, 15) is 13.2 Å². The van der Waals surface area contributed by atoms with Crippen molar-refractivity contribution in [2.45, 2.75) is 32.0 Å². The van der Waals surface area contributed by atoms with Crippen LogP contribution in [-0.2, 0) is 11.2 Å². The van der Waals surface area contributed by atoms with E-state index in [4.69, 9.17) is 0 Å². The van der Waals surface area contributed by atoms with Crippen LogP contribution in [0.2, 0.25) is 0 Å². The van der Waals surface area contributed by atoms with Crippen molar-refractivity contribution in [1.82, 2.24) is 5.32 Å². The van der Waals surface area contributed by atoms with Crippen molar-refractivity contribution < 1.29 is 17.9 Å². The Bertz CT molecular complexity index is 314. The first-order valence-electron chi connectivity index (χ1n) is 5.86. The van der Waals surface area contributed by atoms with E-state index in [0.717, 1.165) is 6.42 Å². The summed E-state index contributed by atoms with van der Waals surface area (Å²) in [6.45, 7) is 1.71. The van der Waals surface area contributed by atoms with Gasteiger partial charge in [-0.1, -0.05) is 0 Å². The second kappa shape index (κ2) is 7.76. The molecule has 1 aromatic rings. The molecule has 0 bridgehead atoms. The van der Waals surface area contributed by atoms with E-state index in [-0.39, 0.29) is 6.61 Å². The fourth-order valence-corrected chi connectivity index (χ4v) is 2.23. The smallest absolute Gasteiger partial charge is 0.372 e. The van der Waals surface area contributed by atoms with Gasteiger partial charge in [0.2, 0.25) is 0 Å². The predicted molar refractivity (Wildman–Crippen MR) is 67.0 cm³/mol. The lowest BCUT2D eigenvalue weighted by Gasteiger charge is -2.13. The van der Waals surface area contributed by atoms with Crippen LogP contribution in [-0.4, -0.2) is 32.0 Å². The molecule has 1 heterocycles. The zero-order valence-corrected chi connectivity index (χ0v) is 11.1. The summed E-state index contributed by atoms with van der Waals surface area (Å²) in [6.07, 6.45) is -2.70. The SMILES string of the molecule is CC(Cc1ccsc1)NCCCOCC(F)(F)F. The molecule has 1 rings (SSSR count). The highest BCUT2D eigenvalue weighted by Crippen LogP contribution is 2.14. The minimum Gasteiger partial charge on any atom is -0.372 e. The number of ether oxygens (including phenoxy) is 1. The van der Waals surface area contributed by atoms with Gasteiger partial charge >= 0.3 is 6.18 Å². The van der Waals surface area contributed by atoms with Crippen LogP contribution in [0.1, 0.15) is 18.9 Å². The summed E-state index contributed by atoms with van der Waals surface area (Å²) >= 11 is 1.66. The number of halogens is 3. The Kier molecular flexibility index (Phi) is 6.67. The third kappa shape index (κ3) is 7.68. The molecule has 2 nitrogen and oxygen atoms in total. The van der Waals surface area contributed by atoms with Gasteiger partial charge in [0.15, 0.2) is 0 Å². The fourth-order valence-electron chi connectivity index (χ4n) is 1.55. The molecule has 0 fully saturated rings. The quantitative estimate of drug-likeness (QED) is 0.739. The first-order valence-corrected chi connectivity index (χ1v) is 6.80. The summed E-state index contributed by atoms with van der Waals surface area (Å²) in [5.41, 5.74) is 1.29. The maximum atomic E-state index is 11.8. The van der Waals surface area contributed by atoms with Gasteiger partial charge in [0.25, 0.3) is 0 Å². The molecule has 1 N–H and O–H groups in total. The molecule has 0 amide bonds. The Labute approximate surface area is 109 Å². The van der Waals surface area contributed by atoms with Crippen LogP contribution in [0.4, 0.5) is 13.2 Å². The first kappa shape index (κ1) is 15.5. The van der Waals surface area contributed by atoms with Gasteiger partial charge in [0.05, 0.1) is 0 Å². The van der Waals surface area contributed by atoms with Crippen molar-refractivity contribution in [3.63, 3.8) is 0 Å². The molecule has 1 unspecified atom stereocenters. The molecule has 0 radical (unpaired) electrons. The summed E-state index contributed by atoms with van der Waals surface area (Å²) in [6, 6.07) is 2.40. The number of hydrogen-bond acceptors (Lipinski definition) is 3. The van der Waals surface area contributed by atoms with Gasteiger partial charge in [0, 0.05) is 12.6 Å². The zero-order valence-electron chi connectivity index (χ0n) is 10.3. The van der Waals surface area contributed by atoms with Crippen molar-refractivity contribution in [3.05, 3.63) is 22.4 Å². The van der Waals surface area contributed by atoms with E-state index in [0.29, 0.717) is 19.0 Å². The van der Waals surface area contributed by atoms with Gasteiger partial charge in [-0.2, -0.15) is 24.5 Å². The van der Waals surface area contributed by atoms with E-state index in [1.165, 1.54) is 5.56 Å². The molecule has 0 aromatic carbocycles. The van der Waals surface area contributed by atoms with E-state index < -0.39 is 12.8 Å². The minimum absolute atomic E-state index is 0.137. The van der Waals surface area contributed by atoms with E-state index in [1.807, 2.05) is 5.38 Å². The Morgan fingerprint density at radius 3 is 2.83 bits per heavy atom. The lowest BCUT2D eigenvalue weighted by molar-refractivity contribution is -0.173. The molecule has 0 aliphatic heterocycles. The first-order chi connectivity index (χ1) is 8.47. The molecule has 18 heavy (non-hydrogen) atoms. The Balaban J connectivity index is 1.97. The van der Waals surface area contributed by atoms with Crippen molar-refractivity contribution in [1.29, 1.82) is 0 Å². The summed E-state index contributed by atoms with van der Waals surface area (Å²) in [4.78, 5) is 0. The van der Waals surface area contributed by atoms with Crippen molar-refractivity contribution in [2.75, 3.05) is 19.8 Å². The van der Waals surface area contributed by atoms with Gasteiger partial charge < -0.3 is 10.1 Å². The van der Waals surface area contributed by atoms with Crippen LogP contribution in [0.15, 0.2) is 16.8 Å². The third-order valence-electron chi connectivity index (χ3n) is 2.35. The summed E-state index contributed by atoms with van der Waals surface area (Å²) < 4.78 is 39.8. The number of alkyl halides is 3. The second-order valence-corrected chi connectivity index (χ2v) is 4.99. The molecule has 0 aliphatic rings. The molecule has 0 saturated heterocycles. The third-order valence-corrected chi connectivity index (χ3v) is 3.08. The zero-order chi connectivity index (χ0) is 13.4. The van der Waals surface area contributed by atoms with Gasteiger partial charge in [-0.3, -0.25) is 0 Å². The Hall–Kier alpha value is -0.590. The topological polar surface area (TPSA) is 21.3 Å². The van der Waals surface area contributed by atoms with Gasteiger partial charge in [0.1, 0.15) is 6.61 Å². The Morgan fingerprint density at radius 1 is 1.44 bits per heavy atom. The molecule has 104 valence electrons. The van der Waals surface area contributed by atoms with Crippen LogP contribution in [0.3, 0.4) is 0 Å². The lowest BCUT2D eigenvalue weighted by Crippen LogP contribution is -2.29. The van der Waals surface area contributed by atoms with Crippen LogP contribution < -0.4 is 5.32 Å².